The van der Waals surface area contributed by atoms with E-state index in [2.05, 4.69) is 58.7 Å². The molecule has 0 saturated carbocycles. The highest BCUT2D eigenvalue weighted by Crippen LogP contribution is 2.28. The first kappa shape index (κ1) is 12.2. The Hall–Kier alpha value is -1.80. The summed E-state index contributed by atoms with van der Waals surface area (Å²) >= 11 is 0. The zero-order valence-electron chi connectivity index (χ0n) is 11.4. The SMILES string of the molecule is CNCc1ccc(CN2CCc3ccccc32)cc1. The number of hydrogen-bond acceptors (Lipinski definition) is 2. The van der Waals surface area contributed by atoms with Crippen molar-refractivity contribution in [1.29, 1.82) is 0 Å². The number of para-hydroxylation sites is 1. The Morgan fingerprint density at radius 2 is 1.74 bits per heavy atom. The molecule has 1 N–H and O–H groups in total. The maximum absolute atomic E-state index is 3.18. The second-order valence-electron chi connectivity index (χ2n) is 5.15. The van der Waals surface area contributed by atoms with Crippen molar-refractivity contribution in [3.8, 4) is 0 Å². The summed E-state index contributed by atoms with van der Waals surface area (Å²) in [6, 6.07) is 17.7. The van der Waals surface area contributed by atoms with Crippen LogP contribution in [-0.2, 0) is 19.5 Å². The van der Waals surface area contributed by atoms with Crippen LogP contribution in [0.25, 0.3) is 0 Å². The van der Waals surface area contributed by atoms with Crippen LogP contribution in [0.3, 0.4) is 0 Å². The fourth-order valence-electron chi connectivity index (χ4n) is 2.76. The molecule has 0 aliphatic carbocycles. The number of nitrogens with zero attached hydrogens (tertiary/aromatic N) is 1. The molecule has 2 aromatic rings. The molecule has 1 heterocycles. The van der Waals surface area contributed by atoms with Gasteiger partial charge in [0.05, 0.1) is 0 Å². The molecule has 0 radical (unpaired) electrons. The molecule has 2 nitrogen and oxygen atoms in total. The Morgan fingerprint density at radius 1 is 1.00 bits per heavy atom. The quantitative estimate of drug-likeness (QED) is 0.900. The van der Waals surface area contributed by atoms with Crippen LogP contribution >= 0.6 is 0 Å². The van der Waals surface area contributed by atoms with Crippen LogP contribution in [0.4, 0.5) is 5.69 Å². The van der Waals surface area contributed by atoms with Gasteiger partial charge in [0.15, 0.2) is 0 Å². The molecule has 0 atom stereocenters. The van der Waals surface area contributed by atoms with Gasteiger partial charge in [-0.3, -0.25) is 0 Å². The molecule has 0 unspecified atom stereocenters. The van der Waals surface area contributed by atoms with Gasteiger partial charge in [0, 0.05) is 25.3 Å². The molecule has 0 amide bonds. The maximum Gasteiger partial charge on any atom is 0.0429 e. The molecule has 1 aliphatic heterocycles. The molecule has 0 aromatic heterocycles. The van der Waals surface area contributed by atoms with Gasteiger partial charge < -0.3 is 10.2 Å². The highest BCUT2D eigenvalue weighted by atomic mass is 15.1. The minimum Gasteiger partial charge on any atom is -0.367 e. The number of hydrogen-bond donors (Lipinski definition) is 1. The van der Waals surface area contributed by atoms with Crippen LogP contribution in [0, 0.1) is 0 Å². The maximum atomic E-state index is 3.18. The van der Waals surface area contributed by atoms with Crippen molar-refractivity contribution in [3.05, 3.63) is 65.2 Å². The highest BCUT2D eigenvalue weighted by molar-refractivity contribution is 5.58. The fraction of sp³-hybridized carbons (Fsp3) is 0.294. The van der Waals surface area contributed by atoms with Gasteiger partial charge in [-0.25, -0.2) is 0 Å². The lowest BCUT2D eigenvalue weighted by molar-refractivity contribution is 0.812. The van der Waals surface area contributed by atoms with E-state index in [1.54, 1.807) is 0 Å². The van der Waals surface area contributed by atoms with Crippen molar-refractivity contribution in [3.63, 3.8) is 0 Å². The molecule has 2 aromatic carbocycles. The number of anilines is 1. The van der Waals surface area contributed by atoms with E-state index in [0.717, 1.165) is 19.6 Å². The van der Waals surface area contributed by atoms with Crippen LogP contribution < -0.4 is 10.2 Å². The lowest BCUT2D eigenvalue weighted by Crippen LogP contribution is -2.19. The van der Waals surface area contributed by atoms with Gasteiger partial charge in [-0.2, -0.15) is 0 Å². The first-order valence-corrected chi connectivity index (χ1v) is 6.92. The van der Waals surface area contributed by atoms with E-state index in [9.17, 15) is 0 Å². The van der Waals surface area contributed by atoms with Gasteiger partial charge in [0.2, 0.25) is 0 Å². The van der Waals surface area contributed by atoms with E-state index in [1.807, 2.05) is 7.05 Å². The third-order valence-electron chi connectivity index (χ3n) is 3.76. The Balaban J connectivity index is 1.72. The predicted molar refractivity (Wildman–Crippen MR) is 80.4 cm³/mol. The number of nitrogens with one attached hydrogen (secondary N) is 1. The zero-order chi connectivity index (χ0) is 13.1. The molecule has 3 rings (SSSR count). The van der Waals surface area contributed by atoms with Gasteiger partial charge in [-0.1, -0.05) is 42.5 Å². The summed E-state index contributed by atoms with van der Waals surface area (Å²) in [5.41, 5.74) is 5.61. The van der Waals surface area contributed by atoms with Crippen molar-refractivity contribution >= 4 is 5.69 Å². The lowest BCUT2D eigenvalue weighted by Gasteiger charge is -2.19. The molecular formula is C17H20N2. The standard InChI is InChI=1S/C17H20N2/c1-18-12-14-6-8-15(9-7-14)13-19-11-10-16-4-2-3-5-17(16)19/h2-9,18H,10-13H2,1H3. The number of fused-ring (bicyclic) bond motifs is 1. The normalized spacial score (nSPS) is 13.6. The van der Waals surface area contributed by atoms with Gasteiger partial charge in [0.25, 0.3) is 0 Å². The van der Waals surface area contributed by atoms with E-state index in [1.165, 1.54) is 28.8 Å². The van der Waals surface area contributed by atoms with Gasteiger partial charge in [0.1, 0.15) is 0 Å². The first-order valence-electron chi connectivity index (χ1n) is 6.92. The summed E-state index contributed by atoms with van der Waals surface area (Å²) in [7, 11) is 1.98. The Labute approximate surface area is 115 Å². The second-order valence-corrected chi connectivity index (χ2v) is 5.15. The molecule has 0 bridgehead atoms. The molecule has 19 heavy (non-hydrogen) atoms. The third-order valence-corrected chi connectivity index (χ3v) is 3.76. The summed E-state index contributed by atoms with van der Waals surface area (Å²) in [6.45, 7) is 3.08. The Bertz CT molecular complexity index is 545. The average molecular weight is 252 g/mol. The minimum absolute atomic E-state index is 0.937. The predicted octanol–water partition coefficient (Wildman–Crippen LogP) is 2.97. The van der Waals surface area contributed by atoms with E-state index in [0.29, 0.717) is 0 Å². The van der Waals surface area contributed by atoms with Crippen LogP contribution in [0.15, 0.2) is 48.5 Å². The summed E-state index contributed by atoms with van der Waals surface area (Å²) in [5, 5.41) is 3.18. The van der Waals surface area contributed by atoms with Crippen LogP contribution in [-0.4, -0.2) is 13.6 Å². The molecule has 0 fully saturated rings. The minimum atomic E-state index is 0.937. The summed E-state index contributed by atoms with van der Waals surface area (Å²) in [5.74, 6) is 0. The van der Waals surface area contributed by atoms with E-state index in [4.69, 9.17) is 0 Å². The average Bonchev–Trinajstić information content (AvgIpc) is 2.85. The summed E-state index contributed by atoms with van der Waals surface area (Å²) in [6.07, 6.45) is 1.17. The van der Waals surface area contributed by atoms with Crippen molar-refractivity contribution in [2.75, 3.05) is 18.5 Å². The van der Waals surface area contributed by atoms with Gasteiger partial charge in [-0.05, 0) is 36.2 Å². The largest absolute Gasteiger partial charge is 0.367 e. The third kappa shape index (κ3) is 2.64. The Kier molecular flexibility index (Phi) is 3.51. The lowest BCUT2D eigenvalue weighted by atomic mass is 10.1. The van der Waals surface area contributed by atoms with Crippen LogP contribution in [0.2, 0.25) is 0 Å². The summed E-state index contributed by atoms with van der Waals surface area (Å²) in [4.78, 5) is 2.47. The van der Waals surface area contributed by atoms with Gasteiger partial charge >= 0.3 is 0 Å². The van der Waals surface area contributed by atoms with Crippen molar-refractivity contribution in [1.82, 2.24) is 5.32 Å². The topological polar surface area (TPSA) is 15.3 Å². The zero-order valence-corrected chi connectivity index (χ0v) is 11.4. The highest BCUT2D eigenvalue weighted by Gasteiger charge is 2.17. The molecular weight excluding hydrogens is 232 g/mol. The smallest absolute Gasteiger partial charge is 0.0429 e. The summed E-state index contributed by atoms with van der Waals surface area (Å²) < 4.78 is 0. The number of rotatable bonds is 4. The molecule has 2 heteroatoms. The van der Waals surface area contributed by atoms with Crippen LogP contribution in [0.5, 0.6) is 0 Å². The van der Waals surface area contributed by atoms with Gasteiger partial charge in [-0.15, -0.1) is 0 Å². The van der Waals surface area contributed by atoms with Crippen molar-refractivity contribution < 1.29 is 0 Å². The molecule has 98 valence electrons. The van der Waals surface area contributed by atoms with E-state index in [-0.39, 0.29) is 0 Å². The second kappa shape index (κ2) is 5.45. The van der Waals surface area contributed by atoms with E-state index < -0.39 is 0 Å². The van der Waals surface area contributed by atoms with E-state index >= 15 is 0 Å². The molecule has 1 aliphatic rings. The van der Waals surface area contributed by atoms with Crippen molar-refractivity contribution in [2.24, 2.45) is 0 Å². The monoisotopic (exact) mass is 252 g/mol. The van der Waals surface area contributed by atoms with Crippen molar-refractivity contribution in [2.45, 2.75) is 19.5 Å². The molecule has 0 saturated heterocycles. The number of benzene rings is 2. The van der Waals surface area contributed by atoms with Crippen LogP contribution in [0.1, 0.15) is 16.7 Å². The fourth-order valence-corrected chi connectivity index (χ4v) is 2.76. The Morgan fingerprint density at radius 3 is 2.53 bits per heavy atom. The first-order chi connectivity index (χ1) is 9.36. The molecule has 0 spiro atoms.